The van der Waals surface area contributed by atoms with Gasteiger partial charge in [0.05, 0.1) is 12.7 Å². The van der Waals surface area contributed by atoms with Crippen LogP contribution in [0.2, 0.25) is 6.82 Å². The Morgan fingerprint density at radius 1 is 1.18 bits per heavy atom. The maximum absolute atomic E-state index is 13.0. The number of Topliss-reactive ketones (excluding diaryl/α,β-unsaturated/α-hetero) is 1. The number of aliphatic hydroxyl groups excluding tert-OH is 1. The van der Waals surface area contributed by atoms with E-state index in [2.05, 4.69) is 13.8 Å². The van der Waals surface area contributed by atoms with Crippen molar-refractivity contribution < 1.29 is 24.0 Å². The number of fused-ring (bicyclic) bond motifs is 6. The summed E-state index contributed by atoms with van der Waals surface area (Å²) in [4.78, 5) is 25.0. The average molecular weight is 386 g/mol. The molecular weight excluding hydrogens is 355 g/mol. The van der Waals surface area contributed by atoms with Gasteiger partial charge in [-0.3, -0.25) is 9.59 Å². The number of carbonyl (C=O) groups excluding carboxylic acids is 2. The van der Waals surface area contributed by atoms with E-state index in [9.17, 15) is 14.7 Å². The van der Waals surface area contributed by atoms with Gasteiger partial charge in [0.15, 0.2) is 11.6 Å². The van der Waals surface area contributed by atoms with E-state index in [4.69, 9.17) is 9.31 Å². The number of hydrogen-bond acceptors (Lipinski definition) is 5. The highest BCUT2D eigenvalue weighted by Crippen LogP contribution is 2.68. The Morgan fingerprint density at radius 3 is 2.75 bits per heavy atom. The molecule has 4 fully saturated rings. The second kappa shape index (κ2) is 6.02. The summed E-state index contributed by atoms with van der Waals surface area (Å²) >= 11 is 0. The first-order valence-electron chi connectivity index (χ1n) is 11.0. The minimum absolute atomic E-state index is 0.0483. The Kier molecular flexibility index (Phi) is 4.09. The van der Waals surface area contributed by atoms with Crippen LogP contribution >= 0.6 is 0 Å². The van der Waals surface area contributed by atoms with Crippen molar-refractivity contribution in [3.05, 3.63) is 11.6 Å². The lowest BCUT2D eigenvalue weighted by molar-refractivity contribution is -0.185. The number of aliphatic hydroxyl groups is 1. The van der Waals surface area contributed by atoms with Crippen molar-refractivity contribution in [3.63, 3.8) is 0 Å². The molecule has 5 aliphatic rings. The van der Waals surface area contributed by atoms with Crippen LogP contribution in [0.4, 0.5) is 0 Å². The van der Waals surface area contributed by atoms with Gasteiger partial charge in [0.25, 0.3) is 0 Å². The molecule has 28 heavy (non-hydrogen) atoms. The number of hydrogen-bond donors (Lipinski definition) is 1. The number of rotatable bonds is 0. The van der Waals surface area contributed by atoms with Crippen LogP contribution in [0.15, 0.2) is 11.6 Å². The molecule has 5 nitrogen and oxygen atoms in total. The fourth-order valence-electron chi connectivity index (χ4n) is 8.02. The Hall–Kier alpha value is -0.975. The van der Waals surface area contributed by atoms with Gasteiger partial charge in [0.2, 0.25) is 0 Å². The first-order chi connectivity index (χ1) is 13.2. The van der Waals surface area contributed by atoms with Gasteiger partial charge >= 0.3 is 7.12 Å². The van der Waals surface area contributed by atoms with Crippen molar-refractivity contribution >= 4 is 18.7 Å². The Labute approximate surface area is 167 Å². The lowest BCUT2D eigenvalue weighted by atomic mass is 9.45. The van der Waals surface area contributed by atoms with Crippen LogP contribution in [0.1, 0.15) is 58.8 Å². The molecule has 0 amide bonds. The average Bonchev–Trinajstić information content (AvgIpc) is 2.91. The number of allylic oxidation sites excluding steroid dienone is 1. The molecule has 0 aromatic rings. The van der Waals surface area contributed by atoms with Crippen LogP contribution in [-0.2, 0) is 18.9 Å². The molecule has 0 unspecified atom stereocenters. The van der Waals surface area contributed by atoms with Crippen LogP contribution in [-0.4, -0.2) is 42.1 Å². The highest BCUT2D eigenvalue weighted by Gasteiger charge is 2.70. The topological polar surface area (TPSA) is 72.8 Å². The summed E-state index contributed by atoms with van der Waals surface area (Å²) in [7, 11) is -0.383. The molecule has 1 aliphatic heterocycles. The molecule has 0 radical (unpaired) electrons. The predicted octanol–water partition coefficient (Wildman–Crippen LogP) is 2.96. The van der Waals surface area contributed by atoms with Crippen LogP contribution in [0, 0.1) is 28.6 Å². The minimum Gasteiger partial charge on any atom is -0.404 e. The molecule has 0 aromatic carbocycles. The SMILES string of the molecule is CB1OCC(=O)[C@]2(CC[C@H]3[C@@H]4CCC5=CC(=O)CC[C@]5(C)[C@H]4[C@H](O)C[C@@]32C)O1. The molecule has 1 N–H and O–H groups in total. The van der Waals surface area contributed by atoms with Crippen LogP contribution < -0.4 is 0 Å². The third kappa shape index (κ3) is 2.26. The maximum Gasteiger partial charge on any atom is 0.454 e. The molecule has 1 heterocycles. The molecule has 6 heteroatoms. The summed E-state index contributed by atoms with van der Waals surface area (Å²) < 4.78 is 11.7. The highest BCUT2D eigenvalue weighted by molar-refractivity contribution is 6.44. The fraction of sp³-hybridized carbons (Fsp3) is 0.818. The first-order valence-corrected chi connectivity index (χ1v) is 11.0. The Morgan fingerprint density at radius 2 is 1.96 bits per heavy atom. The number of carbonyl (C=O) groups is 2. The standard InChI is InChI=1S/C22H31BO5/c1-20-8-6-14(24)10-13(20)4-5-15-16-7-9-22(18(26)12-27-23(3)28-22)21(16,2)11-17(25)19(15)20/h10,15-17,19,25H,4-9,11-12H2,1-3H3/t15-,16-,17+,19+,20-,21-,22-/m0/s1. The molecule has 0 bridgehead atoms. The zero-order valence-corrected chi connectivity index (χ0v) is 17.2. The van der Waals surface area contributed by atoms with Gasteiger partial charge in [0, 0.05) is 11.8 Å². The van der Waals surface area contributed by atoms with E-state index < -0.39 is 11.7 Å². The Bertz CT molecular complexity index is 764. The summed E-state index contributed by atoms with van der Waals surface area (Å²) in [5.74, 6) is 1.19. The van der Waals surface area contributed by atoms with Gasteiger partial charge < -0.3 is 14.4 Å². The van der Waals surface area contributed by atoms with Crippen LogP contribution in [0.25, 0.3) is 0 Å². The molecule has 0 aromatic heterocycles. The van der Waals surface area contributed by atoms with Gasteiger partial charge in [-0.05, 0) is 74.6 Å². The van der Waals surface area contributed by atoms with E-state index >= 15 is 0 Å². The van der Waals surface area contributed by atoms with E-state index in [1.807, 2.05) is 12.9 Å². The third-order valence-electron chi connectivity index (χ3n) is 9.28. The molecule has 152 valence electrons. The van der Waals surface area contributed by atoms with E-state index in [-0.39, 0.29) is 42.0 Å². The highest BCUT2D eigenvalue weighted by atomic mass is 16.6. The maximum atomic E-state index is 13.0. The fourth-order valence-corrected chi connectivity index (χ4v) is 8.02. The van der Waals surface area contributed by atoms with Gasteiger partial charge in [-0.25, -0.2) is 0 Å². The molecule has 3 saturated carbocycles. The largest absolute Gasteiger partial charge is 0.454 e. The third-order valence-corrected chi connectivity index (χ3v) is 9.28. The van der Waals surface area contributed by atoms with Crippen molar-refractivity contribution in [2.24, 2.45) is 28.6 Å². The second-order valence-electron chi connectivity index (χ2n) is 10.4. The van der Waals surface area contributed by atoms with Crippen molar-refractivity contribution in [2.75, 3.05) is 6.61 Å². The molecule has 1 spiro atoms. The monoisotopic (exact) mass is 386 g/mol. The van der Waals surface area contributed by atoms with Crippen LogP contribution in [0.5, 0.6) is 0 Å². The summed E-state index contributed by atoms with van der Waals surface area (Å²) in [6.07, 6.45) is 7.03. The van der Waals surface area contributed by atoms with Crippen molar-refractivity contribution in [3.8, 4) is 0 Å². The van der Waals surface area contributed by atoms with E-state index in [0.29, 0.717) is 24.7 Å². The van der Waals surface area contributed by atoms with Gasteiger partial charge in [-0.2, -0.15) is 0 Å². The minimum atomic E-state index is -0.819. The summed E-state index contributed by atoms with van der Waals surface area (Å²) in [5, 5.41) is 11.4. The van der Waals surface area contributed by atoms with Crippen molar-refractivity contribution in [1.29, 1.82) is 0 Å². The second-order valence-corrected chi connectivity index (χ2v) is 10.4. The van der Waals surface area contributed by atoms with Crippen molar-refractivity contribution in [2.45, 2.75) is 77.3 Å². The molecule has 7 atom stereocenters. The first kappa shape index (κ1) is 19.0. The predicted molar refractivity (Wildman–Crippen MR) is 104 cm³/mol. The summed E-state index contributed by atoms with van der Waals surface area (Å²) in [6.45, 7) is 6.42. The molecular formula is C22H31BO5. The number of ketones is 2. The van der Waals surface area contributed by atoms with Gasteiger partial charge in [-0.1, -0.05) is 19.4 Å². The lowest BCUT2D eigenvalue weighted by Crippen LogP contribution is -2.65. The molecule has 4 aliphatic carbocycles. The zero-order valence-electron chi connectivity index (χ0n) is 17.2. The Balaban J connectivity index is 1.54. The molecule has 1 saturated heterocycles. The molecule has 5 rings (SSSR count). The van der Waals surface area contributed by atoms with Gasteiger partial charge in [-0.15, -0.1) is 0 Å². The normalized spacial score (nSPS) is 50.9. The van der Waals surface area contributed by atoms with E-state index in [1.165, 1.54) is 5.57 Å². The smallest absolute Gasteiger partial charge is 0.404 e. The van der Waals surface area contributed by atoms with Crippen molar-refractivity contribution in [1.82, 2.24) is 0 Å². The van der Waals surface area contributed by atoms with E-state index in [0.717, 1.165) is 32.1 Å². The lowest BCUT2D eigenvalue weighted by Gasteiger charge is -2.61. The van der Waals surface area contributed by atoms with Gasteiger partial charge in [0.1, 0.15) is 5.60 Å². The quantitative estimate of drug-likeness (QED) is 0.648. The zero-order chi connectivity index (χ0) is 19.9. The summed E-state index contributed by atoms with van der Waals surface area (Å²) in [6, 6.07) is 0. The summed E-state index contributed by atoms with van der Waals surface area (Å²) in [5.41, 5.74) is -0.0281. The van der Waals surface area contributed by atoms with Crippen LogP contribution in [0.3, 0.4) is 0 Å². The van der Waals surface area contributed by atoms with E-state index in [1.54, 1.807) is 0 Å².